The van der Waals surface area contributed by atoms with Crippen LogP contribution in [0.2, 0.25) is 0 Å². The lowest BCUT2D eigenvalue weighted by molar-refractivity contribution is -0.142. The van der Waals surface area contributed by atoms with Crippen molar-refractivity contribution < 1.29 is 37.7 Å². The van der Waals surface area contributed by atoms with Crippen molar-refractivity contribution in [2.75, 3.05) is 20.3 Å². The maximum absolute atomic E-state index is 12.5. The molecular weight excluding hydrogens is 340 g/mol. The highest BCUT2D eigenvalue weighted by molar-refractivity contribution is 5.97. The Bertz CT molecular complexity index is 619. The SMILES string of the molecule is COc1ccc(C(=O)NC(C(=O)O)C2CCCOC2)cc1OC(F)F. The summed E-state index contributed by atoms with van der Waals surface area (Å²) in [5.41, 5.74) is -0.0144. The van der Waals surface area contributed by atoms with Gasteiger partial charge >= 0.3 is 12.6 Å². The number of methoxy groups -OCH3 is 1. The molecule has 1 aliphatic heterocycles. The number of amides is 1. The van der Waals surface area contributed by atoms with Gasteiger partial charge in [-0.25, -0.2) is 4.79 Å². The lowest BCUT2D eigenvalue weighted by Crippen LogP contribution is -2.48. The predicted octanol–water partition coefficient (Wildman–Crippen LogP) is 1.91. The van der Waals surface area contributed by atoms with E-state index in [0.29, 0.717) is 19.4 Å². The van der Waals surface area contributed by atoms with Gasteiger partial charge in [0.2, 0.25) is 0 Å². The Kier molecular flexibility index (Phi) is 6.51. The van der Waals surface area contributed by atoms with Gasteiger partial charge in [-0.3, -0.25) is 4.79 Å². The summed E-state index contributed by atoms with van der Waals surface area (Å²) in [5.74, 6) is -2.52. The number of rotatable bonds is 7. The third kappa shape index (κ3) is 5.02. The van der Waals surface area contributed by atoms with Gasteiger partial charge in [0.1, 0.15) is 6.04 Å². The van der Waals surface area contributed by atoms with Gasteiger partial charge in [-0.15, -0.1) is 0 Å². The van der Waals surface area contributed by atoms with Crippen molar-refractivity contribution >= 4 is 11.9 Å². The van der Waals surface area contributed by atoms with Crippen molar-refractivity contribution in [1.82, 2.24) is 5.32 Å². The molecule has 138 valence electrons. The van der Waals surface area contributed by atoms with Crippen LogP contribution in [0.3, 0.4) is 0 Å². The van der Waals surface area contributed by atoms with Crippen molar-refractivity contribution in [1.29, 1.82) is 0 Å². The molecule has 1 aromatic carbocycles. The smallest absolute Gasteiger partial charge is 0.387 e. The first-order chi connectivity index (χ1) is 11.9. The first kappa shape index (κ1) is 18.9. The minimum absolute atomic E-state index is 0.0144. The van der Waals surface area contributed by atoms with Crippen LogP contribution in [0.25, 0.3) is 0 Å². The number of carboxylic acids is 1. The molecule has 1 amide bonds. The third-order valence-electron chi connectivity index (χ3n) is 3.86. The van der Waals surface area contributed by atoms with E-state index in [1.54, 1.807) is 0 Å². The first-order valence-corrected chi connectivity index (χ1v) is 7.66. The zero-order chi connectivity index (χ0) is 18.4. The Morgan fingerprint density at radius 3 is 2.68 bits per heavy atom. The lowest BCUT2D eigenvalue weighted by Gasteiger charge is -2.28. The van der Waals surface area contributed by atoms with Crippen LogP contribution >= 0.6 is 0 Å². The van der Waals surface area contributed by atoms with E-state index in [4.69, 9.17) is 9.47 Å². The Morgan fingerprint density at radius 1 is 1.36 bits per heavy atom. The van der Waals surface area contributed by atoms with Crippen molar-refractivity contribution in [3.63, 3.8) is 0 Å². The van der Waals surface area contributed by atoms with Crippen LogP contribution in [0.5, 0.6) is 11.5 Å². The Labute approximate surface area is 142 Å². The number of hydrogen-bond acceptors (Lipinski definition) is 5. The van der Waals surface area contributed by atoms with Crippen molar-refractivity contribution in [3.05, 3.63) is 23.8 Å². The fourth-order valence-electron chi connectivity index (χ4n) is 2.64. The summed E-state index contributed by atoms with van der Waals surface area (Å²) < 4.78 is 39.4. The van der Waals surface area contributed by atoms with E-state index >= 15 is 0 Å². The molecule has 1 fully saturated rings. The number of nitrogens with one attached hydrogen (secondary N) is 1. The van der Waals surface area contributed by atoms with Gasteiger partial charge in [-0.2, -0.15) is 8.78 Å². The molecule has 2 N–H and O–H groups in total. The van der Waals surface area contributed by atoms with Crippen molar-refractivity contribution in [2.24, 2.45) is 5.92 Å². The molecule has 0 aliphatic carbocycles. The van der Waals surface area contributed by atoms with E-state index < -0.39 is 24.5 Å². The summed E-state index contributed by atoms with van der Waals surface area (Å²) in [6, 6.07) is 2.58. The van der Waals surface area contributed by atoms with Gasteiger partial charge in [0, 0.05) is 18.1 Å². The standard InChI is InChI=1S/C16H19F2NO6/c1-23-11-5-4-9(7-12(11)25-16(17)18)14(20)19-13(15(21)22)10-3-2-6-24-8-10/h4-5,7,10,13,16H,2-3,6,8H2,1H3,(H,19,20)(H,21,22). The summed E-state index contributed by atoms with van der Waals surface area (Å²) in [7, 11) is 1.27. The molecule has 0 bridgehead atoms. The normalized spacial score (nSPS) is 18.5. The van der Waals surface area contributed by atoms with E-state index in [9.17, 15) is 23.5 Å². The van der Waals surface area contributed by atoms with Crippen LogP contribution in [0.15, 0.2) is 18.2 Å². The van der Waals surface area contributed by atoms with Crippen LogP contribution in [-0.4, -0.2) is 50.0 Å². The average Bonchev–Trinajstić information content (AvgIpc) is 2.59. The van der Waals surface area contributed by atoms with Gasteiger partial charge in [-0.05, 0) is 31.0 Å². The van der Waals surface area contributed by atoms with E-state index in [1.165, 1.54) is 19.2 Å². The summed E-state index contributed by atoms with van der Waals surface area (Å²) in [6.45, 7) is -2.29. The van der Waals surface area contributed by atoms with Gasteiger partial charge < -0.3 is 24.6 Å². The fourth-order valence-corrected chi connectivity index (χ4v) is 2.64. The van der Waals surface area contributed by atoms with Crippen LogP contribution in [-0.2, 0) is 9.53 Å². The van der Waals surface area contributed by atoms with E-state index in [2.05, 4.69) is 10.1 Å². The second-order valence-corrected chi connectivity index (χ2v) is 5.51. The number of halogens is 2. The second-order valence-electron chi connectivity index (χ2n) is 5.51. The fraction of sp³-hybridized carbons (Fsp3) is 0.500. The second kappa shape index (κ2) is 8.61. The molecular formula is C16H19F2NO6. The summed E-state index contributed by atoms with van der Waals surface area (Å²) in [5, 5.41) is 11.8. The largest absolute Gasteiger partial charge is 0.493 e. The quantitative estimate of drug-likeness (QED) is 0.772. The molecule has 1 saturated heterocycles. The summed E-state index contributed by atoms with van der Waals surface area (Å²) in [4.78, 5) is 23.8. The van der Waals surface area contributed by atoms with Crippen LogP contribution in [0.4, 0.5) is 8.78 Å². The highest BCUT2D eigenvalue weighted by Crippen LogP contribution is 2.29. The lowest BCUT2D eigenvalue weighted by atomic mass is 9.93. The number of carbonyl (C=O) groups is 2. The summed E-state index contributed by atoms with van der Waals surface area (Å²) in [6.07, 6.45) is 1.32. The molecule has 7 nitrogen and oxygen atoms in total. The molecule has 0 aromatic heterocycles. The number of hydrogen-bond donors (Lipinski definition) is 2. The average molecular weight is 359 g/mol. The topological polar surface area (TPSA) is 94.1 Å². The minimum Gasteiger partial charge on any atom is -0.493 e. The molecule has 0 saturated carbocycles. The maximum Gasteiger partial charge on any atom is 0.387 e. The molecule has 1 heterocycles. The number of aliphatic carboxylic acids is 1. The van der Waals surface area contributed by atoms with E-state index in [-0.39, 0.29) is 29.6 Å². The van der Waals surface area contributed by atoms with Gasteiger partial charge in [0.25, 0.3) is 5.91 Å². The number of benzene rings is 1. The zero-order valence-electron chi connectivity index (χ0n) is 13.5. The van der Waals surface area contributed by atoms with Gasteiger partial charge in [0.05, 0.1) is 13.7 Å². The highest BCUT2D eigenvalue weighted by atomic mass is 19.3. The molecule has 9 heteroatoms. The molecule has 25 heavy (non-hydrogen) atoms. The van der Waals surface area contributed by atoms with E-state index in [1.807, 2.05) is 0 Å². The highest BCUT2D eigenvalue weighted by Gasteiger charge is 2.31. The van der Waals surface area contributed by atoms with Crippen LogP contribution in [0, 0.1) is 5.92 Å². The number of ether oxygens (including phenoxy) is 3. The Hall–Kier alpha value is -2.42. The van der Waals surface area contributed by atoms with Crippen LogP contribution in [0.1, 0.15) is 23.2 Å². The number of alkyl halides is 2. The molecule has 2 rings (SSSR count). The minimum atomic E-state index is -3.08. The maximum atomic E-state index is 12.5. The van der Waals surface area contributed by atoms with Gasteiger partial charge in [-0.1, -0.05) is 0 Å². The molecule has 0 radical (unpaired) electrons. The third-order valence-corrected chi connectivity index (χ3v) is 3.86. The molecule has 1 aliphatic rings. The van der Waals surface area contributed by atoms with E-state index in [0.717, 1.165) is 6.07 Å². The molecule has 2 atom stereocenters. The Balaban J connectivity index is 2.16. The number of carboxylic acid groups (broad SMARTS) is 1. The van der Waals surface area contributed by atoms with Gasteiger partial charge in [0.15, 0.2) is 11.5 Å². The predicted molar refractivity (Wildman–Crippen MR) is 82.1 cm³/mol. The Morgan fingerprint density at radius 2 is 2.12 bits per heavy atom. The zero-order valence-corrected chi connectivity index (χ0v) is 13.5. The monoisotopic (exact) mass is 359 g/mol. The van der Waals surface area contributed by atoms with Crippen molar-refractivity contribution in [3.8, 4) is 11.5 Å². The first-order valence-electron chi connectivity index (χ1n) is 7.66. The number of carbonyl (C=O) groups excluding carboxylic acids is 1. The molecule has 1 aromatic rings. The molecule has 2 unspecified atom stereocenters. The molecule has 0 spiro atoms. The summed E-state index contributed by atoms with van der Waals surface area (Å²) >= 11 is 0. The van der Waals surface area contributed by atoms with Crippen molar-refractivity contribution in [2.45, 2.75) is 25.5 Å². The van der Waals surface area contributed by atoms with Crippen LogP contribution < -0.4 is 14.8 Å².